The molecule has 0 atom stereocenters. The van der Waals surface area contributed by atoms with Crippen LogP contribution in [0.4, 0.5) is 11.5 Å². The standard InChI is InChI=1S/C16H20N4O2.C2H2/c1-2-22-12-3-4-14(17)13(10-12)16(18)11-5-6-19-15(9-11)20-7-8-21;1-2/h3-6,9-10,18,21H,2,7-8,17H2,1H3,(H,19,20);1-2H. The molecule has 0 unspecified atom stereocenters. The lowest BCUT2D eigenvalue weighted by Crippen LogP contribution is -2.10. The zero-order chi connectivity index (χ0) is 17.9. The minimum atomic E-state index is 0.0205. The molecule has 24 heavy (non-hydrogen) atoms. The zero-order valence-electron chi connectivity index (χ0n) is 13.6. The molecule has 0 aliphatic heterocycles. The van der Waals surface area contributed by atoms with Crippen LogP contribution in [0.2, 0.25) is 0 Å². The van der Waals surface area contributed by atoms with Crippen LogP contribution in [0.25, 0.3) is 0 Å². The molecule has 0 spiro atoms. The molecule has 0 amide bonds. The van der Waals surface area contributed by atoms with Gasteiger partial charge in [0.15, 0.2) is 0 Å². The smallest absolute Gasteiger partial charge is 0.126 e. The van der Waals surface area contributed by atoms with Crippen LogP contribution in [0.3, 0.4) is 0 Å². The quantitative estimate of drug-likeness (QED) is 0.354. The van der Waals surface area contributed by atoms with E-state index in [2.05, 4.69) is 23.1 Å². The number of benzene rings is 1. The fourth-order valence-corrected chi connectivity index (χ4v) is 2.03. The number of nitrogens with zero attached hydrogens (tertiary/aromatic N) is 1. The fourth-order valence-electron chi connectivity index (χ4n) is 2.03. The maximum atomic E-state index is 8.84. The Morgan fingerprint density at radius 2 is 2.08 bits per heavy atom. The lowest BCUT2D eigenvalue weighted by Gasteiger charge is -2.11. The number of aliphatic hydroxyl groups excluding tert-OH is 1. The summed E-state index contributed by atoms with van der Waals surface area (Å²) >= 11 is 0. The second-order valence-electron chi connectivity index (χ2n) is 4.64. The number of ether oxygens (including phenoxy) is 1. The minimum absolute atomic E-state index is 0.0205. The van der Waals surface area contributed by atoms with Crippen molar-refractivity contribution in [1.29, 1.82) is 5.41 Å². The van der Waals surface area contributed by atoms with Gasteiger partial charge < -0.3 is 20.9 Å². The predicted octanol–water partition coefficient (Wildman–Crippen LogP) is 2.13. The zero-order valence-corrected chi connectivity index (χ0v) is 13.6. The molecule has 6 heteroatoms. The summed E-state index contributed by atoms with van der Waals surface area (Å²) in [6, 6.07) is 8.80. The van der Waals surface area contributed by atoms with Gasteiger partial charge in [0.1, 0.15) is 11.6 Å². The highest BCUT2D eigenvalue weighted by Crippen LogP contribution is 2.23. The molecule has 6 nitrogen and oxygen atoms in total. The van der Waals surface area contributed by atoms with Gasteiger partial charge >= 0.3 is 0 Å². The first-order chi connectivity index (χ1) is 11.7. The molecule has 1 aromatic heterocycles. The summed E-state index contributed by atoms with van der Waals surface area (Å²) in [5.74, 6) is 1.29. The van der Waals surface area contributed by atoms with E-state index in [-0.39, 0.29) is 6.61 Å². The van der Waals surface area contributed by atoms with E-state index >= 15 is 0 Å². The highest BCUT2D eigenvalue weighted by atomic mass is 16.5. The van der Waals surface area contributed by atoms with Gasteiger partial charge in [-0.15, -0.1) is 12.8 Å². The molecule has 0 aliphatic carbocycles. The molecule has 126 valence electrons. The third-order valence-electron chi connectivity index (χ3n) is 3.07. The summed E-state index contributed by atoms with van der Waals surface area (Å²) in [6.45, 7) is 2.89. The Labute approximate surface area is 142 Å². The lowest BCUT2D eigenvalue weighted by molar-refractivity contribution is 0.311. The number of aliphatic hydroxyl groups is 1. The molecule has 2 aromatic rings. The van der Waals surface area contributed by atoms with Crippen molar-refractivity contribution in [2.75, 3.05) is 30.8 Å². The molecule has 5 N–H and O–H groups in total. The van der Waals surface area contributed by atoms with Crippen LogP contribution >= 0.6 is 0 Å². The number of anilines is 2. The maximum absolute atomic E-state index is 8.84. The van der Waals surface area contributed by atoms with E-state index in [0.29, 0.717) is 47.2 Å². The molecule has 1 heterocycles. The molecular formula is C18H22N4O2. The topological polar surface area (TPSA) is 104 Å². The third-order valence-corrected chi connectivity index (χ3v) is 3.07. The van der Waals surface area contributed by atoms with E-state index in [1.807, 2.05) is 6.92 Å². The number of aromatic nitrogens is 1. The monoisotopic (exact) mass is 326 g/mol. The summed E-state index contributed by atoms with van der Waals surface area (Å²) in [6.07, 6.45) is 9.62. The van der Waals surface area contributed by atoms with Crippen molar-refractivity contribution in [3.8, 4) is 18.6 Å². The van der Waals surface area contributed by atoms with Crippen molar-refractivity contribution in [2.24, 2.45) is 0 Å². The van der Waals surface area contributed by atoms with Gasteiger partial charge in [-0.25, -0.2) is 4.98 Å². The molecule has 0 bridgehead atoms. The lowest BCUT2D eigenvalue weighted by atomic mass is 10.0. The average Bonchev–Trinajstić information content (AvgIpc) is 2.63. The summed E-state index contributed by atoms with van der Waals surface area (Å²) in [4.78, 5) is 4.15. The van der Waals surface area contributed by atoms with Crippen LogP contribution in [0.1, 0.15) is 18.1 Å². The van der Waals surface area contributed by atoms with E-state index in [9.17, 15) is 0 Å². The predicted molar refractivity (Wildman–Crippen MR) is 97.7 cm³/mol. The number of hydrogen-bond acceptors (Lipinski definition) is 6. The van der Waals surface area contributed by atoms with Gasteiger partial charge in [-0.3, -0.25) is 5.41 Å². The molecule has 0 saturated heterocycles. The third kappa shape index (κ3) is 5.00. The number of rotatable bonds is 7. The number of nitrogen functional groups attached to an aromatic ring is 1. The van der Waals surface area contributed by atoms with Gasteiger partial charge in [0.25, 0.3) is 0 Å². The van der Waals surface area contributed by atoms with Gasteiger partial charge in [0.2, 0.25) is 0 Å². The van der Waals surface area contributed by atoms with E-state index < -0.39 is 0 Å². The van der Waals surface area contributed by atoms with Gasteiger partial charge in [-0.2, -0.15) is 0 Å². The van der Waals surface area contributed by atoms with Gasteiger partial charge in [-0.1, -0.05) is 0 Å². The SMILES string of the molecule is C#C.CCOc1ccc(N)c(C(=N)c2ccnc(NCCO)c2)c1. The number of hydrogen-bond donors (Lipinski definition) is 4. The highest BCUT2D eigenvalue weighted by Gasteiger charge is 2.11. The van der Waals surface area contributed by atoms with Crippen molar-refractivity contribution in [3.05, 3.63) is 47.7 Å². The first-order valence-electron chi connectivity index (χ1n) is 7.41. The largest absolute Gasteiger partial charge is 0.494 e. The van der Waals surface area contributed by atoms with Gasteiger partial charge in [0.05, 0.1) is 18.9 Å². The summed E-state index contributed by atoms with van der Waals surface area (Å²) in [5, 5.41) is 20.2. The van der Waals surface area contributed by atoms with Crippen molar-refractivity contribution in [2.45, 2.75) is 6.92 Å². The molecule has 0 saturated carbocycles. The Hall–Kier alpha value is -3.04. The van der Waals surface area contributed by atoms with Crippen LogP contribution in [0.15, 0.2) is 36.5 Å². The summed E-state index contributed by atoms with van der Waals surface area (Å²) in [7, 11) is 0. The molecule has 1 aromatic carbocycles. The summed E-state index contributed by atoms with van der Waals surface area (Å²) < 4.78 is 5.46. The Kier molecular flexibility index (Phi) is 7.82. The summed E-state index contributed by atoms with van der Waals surface area (Å²) in [5.41, 5.74) is 8.11. The first kappa shape index (κ1) is 19.0. The van der Waals surface area contributed by atoms with Crippen LogP contribution in [-0.4, -0.2) is 35.6 Å². The maximum Gasteiger partial charge on any atom is 0.126 e. The average molecular weight is 326 g/mol. The number of terminal acetylenes is 1. The van der Waals surface area contributed by atoms with Crippen molar-refractivity contribution >= 4 is 17.2 Å². The fraction of sp³-hybridized carbons (Fsp3) is 0.222. The Morgan fingerprint density at radius 3 is 2.75 bits per heavy atom. The number of nitrogens with one attached hydrogen (secondary N) is 2. The van der Waals surface area contributed by atoms with Crippen LogP contribution in [0, 0.1) is 18.3 Å². The van der Waals surface area contributed by atoms with Crippen molar-refractivity contribution in [1.82, 2.24) is 4.98 Å². The molecule has 0 aliphatic rings. The van der Waals surface area contributed by atoms with E-state index in [4.69, 9.17) is 21.0 Å². The molecule has 2 rings (SSSR count). The van der Waals surface area contributed by atoms with Crippen LogP contribution in [0.5, 0.6) is 5.75 Å². The highest BCUT2D eigenvalue weighted by molar-refractivity contribution is 6.14. The van der Waals surface area contributed by atoms with Crippen LogP contribution in [-0.2, 0) is 0 Å². The van der Waals surface area contributed by atoms with Gasteiger partial charge in [0, 0.05) is 29.6 Å². The second kappa shape index (κ2) is 9.87. The normalized spacial score (nSPS) is 9.50. The Balaban J connectivity index is 0.00000139. The molecular weight excluding hydrogens is 304 g/mol. The number of pyridine rings is 1. The molecule has 0 fully saturated rings. The van der Waals surface area contributed by atoms with Gasteiger partial charge in [-0.05, 0) is 37.3 Å². The van der Waals surface area contributed by atoms with E-state index in [0.717, 1.165) is 0 Å². The first-order valence-corrected chi connectivity index (χ1v) is 7.41. The van der Waals surface area contributed by atoms with E-state index in [1.165, 1.54) is 0 Å². The molecule has 0 radical (unpaired) electrons. The van der Waals surface area contributed by atoms with Crippen molar-refractivity contribution in [3.63, 3.8) is 0 Å². The van der Waals surface area contributed by atoms with Crippen molar-refractivity contribution < 1.29 is 9.84 Å². The Bertz CT molecular complexity index is 698. The van der Waals surface area contributed by atoms with Crippen LogP contribution < -0.4 is 15.8 Å². The number of nitrogens with two attached hydrogens (primary N) is 1. The second-order valence-corrected chi connectivity index (χ2v) is 4.64. The Morgan fingerprint density at radius 1 is 1.33 bits per heavy atom. The minimum Gasteiger partial charge on any atom is -0.494 e. The van der Waals surface area contributed by atoms with E-state index in [1.54, 1.807) is 36.5 Å².